The number of hydrogen-bond acceptors (Lipinski definition) is 1. The molecule has 2 heteroatoms. The molecule has 0 unspecified atom stereocenters. The zero-order valence-corrected chi connectivity index (χ0v) is 19.0. The van der Waals surface area contributed by atoms with Gasteiger partial charge in [-0.1, -0.05) is 84.9 Å². The van der Waals surface area contributed by atoms with Gasteiger partial charge in [-0.15, -0.1) is 0 Å². The lowest BCUT2D eigenvalue weighted by atomic mass is 10.0. The molecular weight excluding hydrogens is 416 g/mol. The maximum absolute atomic E-state index is 6.32. The second-order valence-corrected chi connectivity index (χ2v) is 8.04. The average molecular weight is 442 g/mol. The second-order valence-electron chi connectivity index (χ2n) is 8.04. The molecule has 34 heavy (non-hydrogen) atoms. The van der Waals surface area contributed by atoms with Crippen LogP contribution in [0.15, 0.2) is 126 Å². The van der Waals surface area contributed by atoms with E-state index in [-0.39, 0.29) is 0 Å². The third-order valence-electron chi connectivity index (χ3n) is 5.74. The van der Waals surface area contributed by atoms with Gasteiger partial charge in [0, 0.05) is 5.56 Å². The van der Waals surface area contributed by atoms with Gasteiger partial charge in [-0.05, 0) is 53.1 Å². The molecule has 1 aromatic heterocycles. The Hall–Kier alpha value is -4.43. The number of methoxy groups -OCH3 is 1. The summed E-state index contributed by atoms with van der Waals surface area (Å²) < 4.78 is 11.5. The molecule has 0 bridgehead atoms. The van der Waals surface area contributed by atoms with Crippen LogP contribution in [0, 0.1) is 0 Å². The van der Waals surface area contributed by atoms with E-state index in [0.717, 1.165) is 50.7 Å². The van der Waals surface area contributed by atoms with E-state index in [4.69, 9.17) is 9.15 Å². The molecule has 0 N–H and O–H groups in total. The predicted molar refractivity (Wildman–Crippen MR) is 141 cm³/mol. The fourth-order valence-corrected chi connectivity index (χ4v) is 3.85. The van der Waals surface area contributed by atoms with Crippen molar-refractivity contribution in [2.75, 3.05) is 7.11 Å². The van der Waals surface area contributed by atoms with Gasteiger partial charge in [0.05, 0.1) is 30.4 Å². The third-order valence-corrected chi connectivity index (χ3v) is 5.74. The van der Waals surface area contributed by atoms with Crippen molar-refractivity contribution in [2.24, 2.45) is 0 Å². The number of hydrogen-bond donors (Lipinski definition) is 0. The van der Waals surface area contributed by atoms with Crippen LogP contribution in [0.25, 0.3) is 45.9 Å². The smallest absolute Gasteiger partial charge is 0.361 e. The van der Waals surface area contributed by atoms with Crippen molar-refractivity contribution in [2.45, 2.75) is 0 Å². The number of ether oxygens (including phenoxy) is 1. The Kier molecular flexibility index (Phi) is 6.31. The van der Waals surface area contributed by atoms with Crippen LogP contribution in [-0.2, 0) is 0 Å². The minimum atomic E-state index is 0.848. The molecule has 5 aromatic rings. The van der Waals surface area contributed by atoms with Gasteiger partial charge in [0.1, 0.15) is 5.75 Å². The molecule has 0 saturated heterocycles. The van der Waals surface area contributed by atoms with Crippen LogP contribution < -0.4 is 4.74 Å². The number of benzene rings is 4. The molecule has 5 rings (SSSR count). The Morgan fingerprint density at radius 2 is 0.971 bits per heavy atom. The Morgan fingerprint density at radius 3 is 1.44 bits per heavy atom. The van der Waals surface area contributed by atoms with Gasteiger partial charge < -0.3 is 4.74 Å². The lowest BCUT2D eigenvalue weighted by Crippen LogP contribution is -1.86. The summed E-state index contributed by atoms with van der Waals surface area (Å²) in [6.07, 6.45) is 4.23. The maximum atomic E-state index is 6.32. The minimum absolute atomic E-state index is 0.848. The monoisotopic (exact) mass is 441 g/mol. The molecule has 2 nitrogen and oxygen atoms in total. The standard InChI is InChI=1S/C32H25O2/c1-33-30-20-16-25(17-21-30)13-12-24-14-18-26(19-15-24)29-22-31(27-8-4-2-5-9-27)34-32(23-29)28-10-6-3-7-11-28/h2-23H,1H3/q+1/b13-12-. The summed E-state index contributed by atoms with van der Waals surface area (Å²) in [5.41, 5.74) is 6.66. The SMILES string of the molecule is COc1ccc(/C=C\c2ccc(-c3cc(-c4ccccc4)[o+]c(-c4ccccc4)c3)cc2)cc1. The van der Waals surface area contributed by atoms with Gasteiger partial charge in [0.15, 0.2) is 0 Å². The van der Waals surface area contributed by atoms with Gasteiger partial charge in [-0.2, -0.15) is 0 Å². The molecule has 1 heterocycles. The lowest BCUT2D eigenvalue weighted by Gasteiger charge is -2.03. The topological polar surface area (TPSA) is 20.5 Å². The first-order chi connectivity index (χ1) is 16.8. The zero-order valence-electron chi connectivity index (χ0n) is 19.0. The van der Waals surface area contributed by atoms with E-state index >= 15 is 0 Å². The van der Waals surface area contributed by atoms with Crippen molar-refractivity contribution in [1.29, 1.82) is 0 Å². The molecule has 0 atom stereocenters. The van der Waals surface area contributed by atoms with Gasteiger partial charge in [-0.3, -0.25) is 0 Å². The van der Waals surface area contributed by atoms with Crippen LogP contribution in [0.2, 0.25) is 0 Å². The van der Waals surface area contributed by atoms with Gasteiger partial charge in [0.25, 0.3) is 0 Å². The molecule has 0 spiro atoms. The molecule has 0 aliphatic rings. The first-order valence-corrected chi connectivity index (χ1v) is 11.3. The summed E-state index contributed by atoms with van der Waals surface area (Å²) in [6.45, 7) is 0. The highest BCUT2D eigenvalue weighted by molar-refractivity contribution is 5.76. The fraction of sp³-hybridized carbons (Fsp3) is 0.0312. The van der Waals surface area contributed by atoms with Gasteiger partial charge in [-0.25, -0.2) is 4.42 Å². The van der Waals surface area contributed by atoms with Crippen LogP contribution in [0.4, 0.5) is 0 Å². The first-order valence-electron chi connectivity index (χ1n) is 11.3. The van der Waals surface area contributed by atoms with Crippen molar-refractivity contribution in [3.63, 3.8) is 0 Å². The van der Waals surface area contributed by atoms with E-state index in [9.17, 15) is 0 Å². The molecule has 0 aliphatic heterocycles. The summed E-state index contributed by atoms with van der Waals surface area (Å²) in [7, 11) is 1.68. The van der Waals surface area contributed by atoms with Crippen molar-refractivity contribution >= 4 is 12.2 Å². The minimum Gasteiger partial charge on any atom is -0.497 e. The molecule has 0 aliphatic carbocycles. The van der Waals surface area contributed by atoms with Crippen molar-refractivity contribution in [3.8, 4) is 39.5 Å². The average Bonchev–Trinajstić information content (AvgIpc) is 2.93. The van der Waals surface area contributed by atoms with Crippen molar-refractivity contribution < 1.29 is 9.15 Å². The van der Waals surface area contributed by atoms with Crippen LogP contribution in [0.5, 0.6) is 5.75 Å². The Bertz CT molecular complexity index is 1330. The zero-order chi connectivity index (χ0) is 23.2. The summed E-state index contributed by atoms with van der Waals surface area (Å²) >= 11 is 0. The molecule has 0 amide bonds. The van der Waals surface area contributed by atoms with Gasteiger partial charge >= 0.3 is 11.5 Å². The van der Waals surface area contributed by atoms with Crippen LogP contribution in [0.1, 0.15) is 11.1 Å². The van der Waals surface area contributed by atoms with E-state index in [0.29, 0.717) is 0 Å². The van der Waals surface area contributed by atoms with Crippen LogP contribution in [-0.4, -0.2) is 7.11 Å². The summed E-state index contributed by atoms with van der Waals surface area (Å²) in [5.74, 6) is 2.56. The molecule has 0 fully saturated rings. The Labute approximate surface area is 200 Å². The first kappa shape index (κ1) is 21.4. The summed E-state index contributed by atoms with van der Waals surface area (Å²) in [6, 6.07) is 41.3. The van der Waals surface area contributed by atoms with Crippen molar-refractivity contribution in [3.05, 3.63) is 132 Å². The van der Waals surface area contributed by atoms with E-state index in [1.807, 2.05) is 60.7 Å². The van der Waals surface area contributed by atoms with Gasteiger partial charge in [0.2, 0.25) is 0 Å². The molecular formula is C32H25O2+. The van der Waals surface area contributed by atoms with E-state index in [2.05, 4.69) is 72.8 Å². The van der Waals surface area contributed by atoms with E-state index in [1.54, 1.807) is 7.11 Å². The molecule has 4 aromatic carbocycles. The Balaban J connectivity index is 1.47. The van der Waals surface area contributed by atoms with E-state index < -0.39 is 0 Å². The highest BCUT2D eigenvalue weighted by atomic mass is 16.5. The third kappa shape index (κ3) is 4.97. The summed E-state index contributed by atoms with van der Waals surface area (Å²) in [4.78, 5) is 0. The van der Waals surface area contributed by atoms with Crippen molar-refractivity contribution in [1.82, 2.24) is 0 Å². The second kappa shape index (κ2) is 10.0. The lowest BCUT2D eigenvalue weighted by molar-refractivity contribution is 0.415. The number of rotatable bonds is 6. The Morgan fingerprint density at radius 1 is 0.500 bits per heavy atom. The highest BCUT2D eigenvalue weighted by Crippen LogP contribution is 2.33. The predicted octanol–water partition coefficient (Wildman–Crippen LogP) is 8.74. The molecule has 0 saturated carbocycles. The van der Waals surface area contributed by atoms with E-state index in [1.165, 1.54) is 0 Å². The summed E-state index contributed by atoms with van der Waals surface area (Å²) in [5, 5.41) is 0. The molecule has 0 radical (unpaired) electrons. The maximum Gasteiger partial charge on any atom is 0.361 e. The van der Waals surface area contributed by atoms with Crippen LogP contribution in [0.3, 0.4) is 0 Å². The normalized spacial score (nSPS) is 11.0. The largest absolute Gasteiger partial charge is 0.497 e. The van der Waals surface area contributed by atoms with Crippen LogP contribution >= 0.6 is 0 Å². The fourth-order valence-electron chi connectivity index (χ4n) is 3.85. The molecule has 164 valence electrons. The quantitative estimate of drug-likeness (QED) is 0.194. The highest BCUT2D eigenvalue weighted by Gasteiger charge is 2.20.